The third-order valence-corrected chi connectivity index (χ3v) is 4.79. The highest BCUT2D eigenvalue weighted by Crippen LogP contribution is 2.31. The number of hydrogen-bond donors (Lipinski definition) is 1. The molecule has 2 aromatic carbocycles. The van der Waals surface area contributed by atoms with Crippen molar-refractivity contribution < 1.29 is 4.79 Å². The van der Waals surface area contributed by atoms with Crippen LogP contribution in [0.2, 0.25) is 5.02 Å². The van der Waals surface area contributed by atoms with E-state index in [2.05, 4.69) is 32.3 Å². The predicted octanol–water partition coefficient (Wildman–Crippen LogP) is 3.75. The molecule has 26 heavy (non-hydrogen) atoms. The molecular formula is C20H17ClN4O. The number of hydrogen-bond acceptors (Lipinski definition) is 4. The van der Waals surface area contributed by atoms with E-state index in [0.29, 0.717) is 23.1 Å². The van der Waals surface area contributed by atoms with Crippen LogP contribution in [-0.4, -0.2) is 22.4 Å². The summed E-state index contributed by atoms with van der Waals surface area (Å²) in [6, 6.07) is 15.7. The van der Waals surface area contributed by atoms with Crippen molar-refractivity contribution in [3.63, 3.8) is 0 Å². The Bertz CT molecular complexity index is 943. The lowest BCUT2D eigenvalue weighted by atomic mass is 10.2. The van der Waals surface area contributed by atoms with Crippen LogP contribution in [0.15, 0.2) is 60.9 Å². The molecule has 0 saturated heterocycles. The topological polar surface area (TPSA) is 58.1 Å². The van der Waals surface area contributed by atoms with E-state index < -0.39 is 0 Å². The van der Waals surface area contributed by atoms with E-state index >= 15 is 0 Å². The van der Waals surface area contributed by atoms with Gasteiger partial charge in [0.2, 0.25) is 5.95 Å². The van der Waals surface area contributed by atoms with Gasteiger partial charge in [0.25, 0.3) is 5.91 Å². The molecule has 0 unspecified atom stereocenters. The number of carbonyl (C=O) groups is 1. The fraction of sp³-hybridized carbons (Fsp3) is 0.150. The van der Waals surface area contributed by atoms with Crippen molar-refractivity contribution in [2.45, 2.75) is 13.0 Å². The highest BCUT2D eigenvalue weighted by molar-refractivity contribution is 6.31. The molecule has 0 saturated carbocycles. The quantitative estimate of drug-likeness (QED) is 0.766. The summed E-state index contributed by atoms with van der Waals surface area (Å²) in [6.07, 6.45) is 4.09. The van der Waals surface area contributed by atoms with Crippen molar-refractivity contribution >= 4 is 29.1 Å². The molecule has 0 fully saturated rings. The molecule has 0 atom stereocenters. The van der Waals surface area contributed by atoms with Crippen molar-refractivity contribution in [2.75, 3.05) is 11.4 Å². The molecule has 0 bridgehead atoms. The normalized spacial score (nSPS) is 12.7. The van der Waals surface area contributed by atoms with E-state index in [1.165, 1.54) is 5.56 Å². The van der Waals surface area contributed by atoms with Crippen LogP contribution < -0.4 is 10.2 Å². The van der Waals surface area contributed by atoms with Crippen LogP contribution in [0.5, 0.6) is 0 Å². The van der Waals surface area contributed by atoms with Gasteiger partial charge >= 0.3 is 0 Å². The van der Waals surface area contributed by atoms with Crippen LogP contribution >= 0.6 is 11.6 Å². The van der Waals surface area contributed by atoms with Gasteiger partial charge in [0.1, 0.15) is 0 Å². The fourth-order valence-corrected chi connectivity index (χ4v) is 3.25. The second-order valence-corrected chi connectivity index (χ2v) is 6.48. The summed E-state index contributed by atoms with van der Waals surface area (Å²) in [5.74, 6) is 0.385. The van der Waals surface area contributed by atoms with E-state index in [4.69, 9.17) is 11.6 Å². The first-order valence-electron chi connectivity index (χ1n) is 8.41. The number of benzene rings is 2. The number of para-hydroxylation sites is 1. The first-order valence-corrected chi connectivity index (χ1v) is 8.79. The van der Waals surface area contributed by atoms with Crippen LogP contribution in [0.3, 0.4) is 0 Å². The summed E-state index contributed by atoms with van der Waals surface area (Å²) in [5, 5.41) is 3.48. The molecule has 3 aromatic rings. The smallest absolute Gasteiger partial charge is 0.254 e. The lowest BCUT2D eigenvalue weighted by Gasteiger charge is -2.17. The molecule has 0 aliphatic carbocycles. The Labute approximate surface area is 156 Å². The lowest BCUT2D eigenvalue weighted by molar-refractivity contribution is 0.0950. The third kappa shape index (κ3) is 3.26. The van der Waals surface area contributed by atoms with Gasteiger partial charge in [-0.1, -0.05) is 48.0 Å². The second kappa shape index (κ2) is 7.14. The zero-order valence-electron chi connectivity index (χ0n) is 14.0. The Morgan fingerprint density at radius 3 is 2.62 bits per heavy atom. The Kier molecular flexibility index (Phi) is 4.54. The molecule has 1 amide bonds. The van der Waals surface area contributed by atoms with Gasteiger partial charge in [-0.25, -0.2) is 9.97 Å². The van der Waals surface area contributed by atoms with Crippen molar-refractivity contribution in [3.8, 4) is 0 Å². The van der Waals surface area contributed by atoms with E-state index in [9.17, 15) is 4.79 Å². The van der Waals surface area contributed by atoms with E-state index in [0.717, 1.165) is 24.2 Å². The summed E-state index contributed by atoms with van der Waals surface area (Å²) in [4.78, 5) is 23.1. The van der Waals surface area contributed by atoms with E-state index in [1.807, 2.05) is 30.3 Å². The Hall–Kier alpha value is -2.92. The summed E-state index contributed by atoms with van der Waals surface area (Å²) in [7, 11) is 0. The highest BCUT2D eigenvalue weighted by atomic mass is 35.5. The third-order valence-electron chi connectivity index (χ3n) is 4.43. The number of rotatable bonds is 4. The number of halogens is 1. The molecule has 1 aliphatic rings. The maximum absolute atomic E-state index is 12.3. The van der Waals surface area contributed by atoms with Crippen LogP contribution in [0.4, 0.5) is 11.6 Å². The predicted molar refractivity (Wildman–Crippen MR) is 102 cm³/mol. The summed E-state index contributed by atoms with van der Waals surface area (Å²) in [5.41, 5.74) is 3.71. The van der Waals surface area contributed by atoms with Crippen LogP contribution in [0.1, 0.15) is 21.5 Å². The minimum Gasteiger partial charge on any atom is -0.348 e. The number of aromatic nitrogens is 2. The van der Waals surface area contributed by atoms with Crippen LogP contribution in [-0.2, 0) is 13.0 Å². The van der Waals surface area contributed by atoms with E-state index in [1.54, 1.807) is 18.5 Å². The van der Waals surface area contributed by atoms with Gasteiger partial charge in [-0.2, -0.15) is 0 Å². The molecule has 1 aromatic heterocycles. The average Bonchev–Trinajstić information content (AvgIpc) is 3.11. The zero-order valence-corrected chi connectivity index (χ0v) is 14.8. The average molecular weight is 365 g/mol. The molecule has 4 rings (SSSR count). The Balaban J connectivity index is 1.45. The first kappa shape index (κ1) is 16.5. The summed E-state index contributed by atoms with van der Waals surface area (Å²) >= 11 is 6.11. The SMILES string of the molecule is O=C(NCc1ccccc1Cl)c1cnc(N2CCc3ccccc32)nc1. The number of amides is 1. The van der Waals surface area contributed by atoms with Crippen molar-refractivity contribution in [2.24, 2.45) is 0 Å². The largest absolute Gasteiger partial charge is 0.348 e. The Morgan fingerprint density at radius 2 is 1.81 bits per heavy atom. The number of nitrogens with zero attached hydrogens (tertiary/aromatic N) is 3. The van der Waals surface area contributed by atoms with Crippen molar-refractivity contribution in [3.05, 3.63) is 82.6 Å². The molecular weight excluding hydrogens is 348 g/mol. The number of anilines is 2. The van der Waals surface area contributed by atoms with Gasteiger partial charge in [0.05, 0.1) is 5.56 Å². The molecule has 0 radical (unpaired) electrons. The van der Waals surface area contributed by atoms with Gasteiger partial charge in [0.15, 0.2) is 0 Å². The molecule has 2 heterocycles. The van der Waals surface area contributed by atoms with Gasteiger partial charge < -0.3 is 10.2 Å². The molecule has 1 N–H and O–H groups in total. The number of nitrogens with one attached hydrogen (secondary N) is 1. The second-order valence-electron chi connectivity index (χ2n) is 6.08. The maximum atomic E-state index is 12.3. The molecule has 0 spiro atoms. The summed E-state index contributed by atoms with van der Waals surface area (Å²) in [6.45, 7) is 1.21. The summed E-state index contributed by atoms with van der Waals surface area (Å²) < 4.78 is 0. The zero-order chi connectivity index (χ0) is 17.9. The fourth-order valence-electron chi connectivity index (χ4n) is 3.04. The van der Waals surface area contributed by atoms with Crippen LogP contribution in [0, 0.1) is 0 Å². The lowest BCUT2D eigenvalue weighted by Crippen LogP contribution is -2.24. The molecule has 130 valence electrons. The molecule has 1 aliphatic heterocycles. The highest BCUT2D eigenvalue weighted by Gasteiger charge is 2.22. The van der Waals surface area contributed by atoms with Crippen LogP contribution in [0.25, 0.3) is 0 Å². The first-order chi connectivity index (χ1) is 12.7. The standard InChI is InChI=1S/C20H17ClN4O/c21-17-7-3-1-6-15(17)11-22-19(26)16-12-23-20(24-13-16)25-10-9-14-5-2-4-8-18(14)25/h1-8,12-13H,9-11H2,(H,22,26). The van der Waals surface area contributed by atoms with Gasteiger partial charge in [-0.15, -0.1) is 0 Å². The van der Waals surface area contributed by atoms with Crippen molar-refractivity contribution in [1.29, 1.82) is 0 Å². The minimum absolute atomic E-state index is 0.224. The number of carbonyl (C=O) groups excluding carboxylic acids is 1. The molecule has 5 nitrogen and oxygen atoms in total. The van der Waals surface area contributed by atoms with Gasteiger partial charge in [0, 0.05) is 36.2 Å². The number of fused-ring (bicyclic) bond motifs is 1. The van der Waals surface area contributed by atoms with Gasteiger partial charge in [-0.05, 0) is 29.7 Å². The minimum atomic E-state index is -0.224. The van der Waals surface area contributed by atoms with E-state index in [-0.39, 0.29) is 5.91 Å². The Morgan fingerprint density at radius 1 is 1.08 bits per heavy atom. The van der Waals surface area contributed by atoms with Gasteiger partial charge in [-0.3, -0.25) is 4.79 Å². The van der Waals surface area contributed by atoms with Crippen molar-refractivity contribution in [1.82, 2.24) is 15.3 Å². The molecule has 6 heteroatoms. The monoisotopic (exact) mass is 364 g/mol. The maximum Gasteiger partial charge on any atom is 0.254 e.